The van der Waals surface area contributed by atoms with Crippen LogP contribution in [0.4, 0.5) is 5.69 Å². The van der Waals surface area contributed by atoms with Gasteiger partial charge in [-0.15, -0.1) is 0 Å². The molecule has 1 aliphatic rings. The molecule has 102 valence electrons. The summed E-state index contributed by atoms with van der Waals surface area (Å²) < 4.78 is 5.41. The second-order valence-electron chi connectivity index (χ2n) is 5.20. The Morgan fingerprint density at radius 1 is 1.35 bits per heavy atom. The van der Waals surface area contributed by atoms with Gasteiger partial charge in [0, 0.05) is 29.9 Å². The van der Waals surface area contributed by atoms with E-state index in [9.17, 15) is 0 Å². The van der Waals surface area contributed by atoms with Gasteiger partial charge in [0.15, 0.2) is 0 Å². The van der Waals surface area contributed by atoms with E-state index < -0.39 is 0 Å². The third-order valence-corrected chi connectivity index (χ3v) is 3.77. The van der Waals surface area contributed by atoms with Crippen molar-refractivity contribution in [2.45, 2.75) is 24.9 Å². The molecule has 3 heterocycles. The largest absolute Gasteiger partial charge is 0.444 e. The molecule has 1 saturated carbocycles. The zero-order valence-corrected chi connectivity index (χ0v) is 10.8. The SMILES string of the molecule is NC1CC(Nc2c(-c3ncco3)cnc3[nH]ccc23)C1. The number of nitrogens with one attached hydrogen (secondary N) is 2. The van der Waals surface area contributed by atoms with Gasteiger partial charge in [-0.1, -0.05) is 0 Å². The Balaban J connectivity index is 1.81. The normalized spacial score (nSPS) is 21.9. The van der Waals surface area contributed by atoms with Crippen molar-refractivity contribution >= 4 is 16.7 Å². The van der Waals surface area contributed by atoms with Gasteiger partial charge in [-0.2, -0.15) is 0 Å². The van der Waals surface area contributed by atoms with Crippen LogP contribution in [0.25, 0.3) is 22.5 Å². The van der Waals surface area contributed by atoms with Gasteiger partial charge < -0.3 is 20.5 Å². The third kappa shape index (κ3) is 1.77. The summed E-state index contributed by atoms with van der Waals surface area (Å²) in [4.78, 5) is 11.8. The van der Waals surface area contributed by atoms with E-state index >= 15 is 0 Å². The summed E-state index contributed by atoms with van der Waals surface area (Å²) in [5.41, 5.74) is 8.60. The molecule has 6 nitrogen and oxygen atoms in total. The molecule has 0 atom stereocenters. The average molecular weight is 269 g/mol. The summed E-state index contributed by atoms with van der Waals surface area (Å²) in [6.07, 6.45) is 8.85. The Morgan fingerprint density at radius 2 is 2.25 bits per heavy atom. The highest BCUT2D eigenvalue weighted by Gasteiger charge is 2.27. The number of aromatic nitrogens is 3. The number of hydrogen-bond donors (Lipinski definition) is 3. The third-order valence-electron chi connectivity index (χ3n) is 3.77. The molecule has 0 bridgehead atoms. The molecule has 0 spiro atoms. The predicted molar refractivity (Wildman–Crippen MR) is 76.2 cm³/mol. The lowest BCUT2D eigenvalue weighted by molar-refractivity contribution is 0.374. The Morgan fingerprint density at radius 3 is 3.00 bits per heavy atom. The van der Waals surface area contributed by atoms with Crippen molar-refractivity contribution in [2.24, 2.45) is 5.73 Å². The number of hydrogen-bond acceptors (Lipinski definition) is 5. The van der Waals surface area contributed by atoms with Crippen LogP contribution in [0.3, 0.4) is 0 Å². The first kappa shape index (κ1) is 11.5. The lowest BCUT2D eigenvalue weighted by atomic mass is 9.87. The maximum atomic E-state index is 5.86. The molecular formula is C14H15N5O. The van der Waals surface area contributed by atoms with Crippen molar-refractivity contribution in [3.63, 3.8) is 0 Å². The number of pyridine rings is 1. The van der Waals surface area contributed by atoms with Crippen LogP contribution in [0.2, 0.25) is 0 Å². The summed E-state index contributed by atoms with van der Waals surface area (Å²) >= 11 is 0. The molecule has 0 unspecified atom stereocenters. The van der Waals surface area contributed by atoms with Crippen LogP contribution in [0, 0.1) is 0 Å². The first-order valence-electron chi connectivity index (χ1n) is 6.69. The fourth-order valence-electron chi connectivity index (χ4n) is 2.67. The number of rotatable bonds is 3. The second-order valence-corrected chi connectivity index (χ2v) is 5.20. The van der Waals surface area contributed by atoms with Gasteiger partial charge in [0.2, 0.25) is 5.89 Å². The van der Waals surface area contributed by atoms with Crippen LogP contribution < -0.4 is 11.1 Å². The summed E-state index contributed by atoms with van der Waals surface area (Å²) in [7, 11) is 0. The van der Waals surface area contributed by atoms with E-state index in [2.05, 4.69) is 20.3 Å². The smallest absolute Gasteiger partial charge is 0.229 e. The molecule has 0 aliphatic heterocycles. The molecule has 0 saturated heterocycles. The van der Waals surface area contributed by atoms with Crippen molar-refractivity contribution in [3.8, 4) is 11.5 Å². The van der Waals surface area contributed by atoms with Crippen LogP contribution in [-0.2, 0) is 0 Å². The predicted octanol–water partition coefficient (Wildman–Crippen LogP) is 2.12. The Hall–Kier alpha value is -2.34. The Bertz CT molecular complexity index is 727. The molecule has 6 heteroatoms. The topological polar surface area (TPSA) is 92.8 Å². The highest BCUT2D eigenvalue weighted by atomic mass is 16.3. The maximum Gasteiger partial charge on any atom is 0.229 e. The molecule has 1 fully saturated rings. The van der Waals surface area contributed by atoms with E-state index in [0.29, 0.717) is 18.0 Å². The summed E-state index contributed by atoms with van der Waals surface area (Å²) in [5, 5.41) is 4.60. The molecule has 0 aromatic carbocycles. The first-order chi connectivity index (χ1) is 9.81. The molecule has 4 N–H and O–H groups in total. The van der Waals surface area contributed by atoms with E-state index in [-0.39, 0.29) is 0 Å². The van der Waals surface area contributed by atoms with Gasteiger partial charge in [-0.3, -0.25) is 0 Å². The minimum Gasteiger partial charge on any atom is -0.444 e. The highest BCUT2D eigenvalue weighted by molar-refractivity contribution is 5.97. The maximum absolute atomic E-state index is 5.86. The number of fused-ring (bicyclic) bond motifs is 1. The van der Waals surface area contributed by atoms with Crippen LogP contribution in [0.1, 0.15) is 12.8 Å². The molecular weight excluding hydrogens is 254 g/mol. The van der Waals surface area contributed by atoms with Gasteiger partial charge in [0.25, 0.3) is 0 Å². The zero-order chi connectivity index (χ0) is 13.5. The zero-order valence-electron chi connectivity index (χ0n) is 10.8. The van der Waals surface area contributed by atoms with E-state index in [4.69, 9.17) is 10.2 Å². The van der Waals surface area contributed by atoms with E-state index in [0.717, 1.165) is 35.1 Å². The van der Waals surface area contributed by atoms with Crippen LogP contribution in [0.15, 0.2) is 35.3 Å². The number of nitrogens with zero attached hydrogens (tertiary/aromatic N) is 2. The van der Waals surface area contributed by atoms with Gasteiger partial charge in [0.1, 0.15) is 11.9 Å². The highest BCUT2D eigenvalue weighted by Crippen LogP contribution is 2.35. The minimum atomic E-state index is 0.307. The number of aromatic amines is 1. The molecule has 3 aromatic rings. The molecule has 4 rings (SSSR count). The Kier molecular flexibility index (Phi) is 2.50. The lowest BCUT2D eigenvalue weighted by Crippen LogP contribution is -2.44. The molecule has 0 amide bonds. The summed E-state index contributed by atoms with van der Waals surface area (Å²) in [5.74, 6) is 0.576. The second kappa shape index (κ2) is 4.35. The van der Waals surface area contributed by atoms with Crippen molar-refractivity contribution in [3.05, 3.63) is 30.9 Å². The fourth-order valence-corrected chi connectivity index (χ4v) is 2.67. The van der Waals surface area contributed by atoms with Crippen molar-refractivity contribution in [1.82, 2.24) is 15.0 Å². The molecule has 0 radical (unpaired) electrons. The standard InChI is InChI=1S/C14H15N5O/c15-8-5-9(6-8)19-12-10-1-2-16-13(10)18-7-11(12)14-17-3-4-20-14/h1-4,7-9H,5-6,15H2,(H2,16,18,19). The Labute approximate surface area is 115 Å². The van der Waals surface area contributed by atoms with E-state index in [1.165, 1.54) is 0 Å². The summed E-state index contributed by atoms with van der Waals surface area (Å²) in [6.45, 7) is 0. The molecule has 3 aromatic heterocycles. The minimum absolute atomic E-state index is 0.307. The average Bonchev–Trinajstić information content (AvgIpc) is 3.08. The van der Waals surface area contributed by atoms with E-state index in [1.54, 1.807) is 18.7 Å². The van der Waals surface area contributed by atoms with Gasteiger partial charge in [0.05, 0.1) is 17.4 Å². The van der Waals surface area contributed by atoms with Crippen LogP contribution >= 0.6 is 0 Å². The van der Waals surface area contributed by atoms with Crippen molar-refractivity contribution < 1.29 is 4.42 Å². The quantitative estimate of drug-likeness (QED) is 0.677. The number of nitrogens with two attached hydrogens (primary N) is 1. The first-order valence-corrected chi connectivity index (χ1v) is 6.69. The monoisotopic (exact) mass is 269 g/mol. The van der Waals surface area contributed by atoms with Gasteiger partial charge in [-0.05, 0) is 18.9 Å². The number of oxazole rings is 1. The fraction of sp³-hybridized carbons (Fsp3) is 0.286. The van der Waals surface area contributed by atoms with E-state index in [1.807, 2.05) is 12.3 Å². The van der Waals surface area contributed by atoms with Crippen molar-refractivity contribution in [1.29, 1.82) is 0 Å². The number of anilines is 1. The molecule has 20 heavy (non-hydrogen) atoms. The molecule has 1 aliphatic carbocycles. The van der Waals surface area contributed by atoms with Crippen molar-refractivity contribution in [2.75, 3.05) is 5.32 Å². The van der Waals surface area contributed by atoms with Gasteiger partial charge >= 0.3 is 0 Å². The number of H-pyrrole nitrogens is 1. The summed E-state index contributed by atoms with van der Waals surface area (Å²) in [6, 6.07) is 2.72. The van der Waals surface area contributed by atoms with Gasteiger partial charge in [-0.25, -0.2) is 9.97 Å². The lowest BCUT2D eigenvalue weighted by Gasteiger charge is -2.34. The van der Waals surface area contributed by atoms with Crippen LogP contribution in [0.5, 0.6) is 0 Å². The van der Waals surface area contributed by atoms with Crippen LogP contribution in [-0.4, -0.2) is 27.0 Å².